The van der Waals surface area contributed by atoms with E-state index >= 15 is 0 Å². The van der Waals surface area contributed by atoms with Gasteiger partial charge < -0.3 is 15.5 Å². The zero-order chi connectivity index (χ0) is 22.8. The quantitative estimate of drug-likeness (QED) is 0.545. The second-order valence-corrected chi connectivity index (χ2v) is 10.8. The molecule has 0 bridgehead atoms. The predicted molar refractivity (Wildman–Crippen MR) is 119 cm³/mol. The largest absolute Gasteiger partial charge is 0.355 e. The van der Waals surface area contributed by atoms with E-state index in [9.17, 15) is 14.4 Å². The van der Waals surface area contributed by atoms with Crippen LogP contribution in [0.25, 0.3) is 0 Å². The Morgan fingerprint density at radius 3 is 1.86 bits per heavy atom. The summed E-state index contributed by atoms with van der Waals surface area (Å²) in [5.74, 6) is -0.345. The van der Waals surface area contributed by atoms with Crippen molar-refractivity contribution in [3.8, 4) is 0 Å². The summed E-state index contributed by atoms with van der Waals surface area (Å²) in [5, 5.41) is 5.48. The first-order valence-corrected chi connectivity index (χ1v) is 11.0. The van der Waals surface area contributed by atoms with Crippen LogP contribution in [0.4, 0.5) is 0 Å². The van der Waals surface area contributed by atoms with Crippen LogP contribution in [0.5, 0.6) is 0 Å². The fourth-order valence-corrected chi connectivity index (χ4v) is 2.95. The zero-order valence-corrected chi connectivity index (χ0v) is 20.3. The highest BCUT2D eigenvalue weighted by molar-refractivity contribution is 5.88. The third-order valence-corrected chi connectivity index (χ3v) is 4.98. The fourth-order valence-electron chi connectivity index (χ4n) is 2.95. The number of nitrogens with zero attached hydrogens (tertiary/aromatic N) is 1. The summed E-state index contributed by atoms with van der Waals surface area (Å²) in [6.45, 7) is 19.8. The SMILES string of the molecule is CCC(C(=O)N(CCC(C)(C)C)CC(=O)NCC(=O)NCCC(C)(C)C)C(C)C. The van der Waals surface area contributed by atoms with Gasteiger partial charge in [-0.3, -0.25) is 14.4 Å². The van der Waals surface area contributed by atoms with E-state index < -0.39 is 0 Å². The van der Waals surface area contributed by atoms with E-state index in [0.717, 1.165) is 19.3 Å². The van der Waals surface area contributed by atoms with Gasteiger partial charge in [-0.15, -0.1) is 0 Å². The third-order valence-electron chi connectivity index (χ3n) is 4.98. The van der Waals surface area contributed by atoms with Crippen molar-refractivity contribution in [3.05, 3.63) is 0 Å². The van der Waals surface area contributed by atoms with Crippen LogP contribution in [-0.2, 0) is 14.4 Å². The molecule has 0 aliphatic heterocycles. The summed E-state index contributed by atoms with van der Waals surface area (Å²) in [6.07, 6.45) is 2.43. The molecule has 0 fully saturated rings. The summed E-state index contributed by atoms with van der Waals surface area (Å²) in [6, 6.07) is 0. The highest BCUT2D eigenvalue weighted by atomic mass is 16.2. The molecule has 6 heteroatoms. The molecule has 0 saturated heterocycles. The van der Waals surface area contributed by atoms with Crippen molar-refractivity contribution in [3.63, 3.8) is 0 Å². The minimum Gasteiger partial charge on any atom is -0.355 e. The van der Waals surface area contributed by atoms with Crippen LogP contribution in [0.1, 0.15) is 81.6 Å². The van der Waals surface area contributed by atoms with Crippen molar-refractivity contribution in [2.75, 3.05) is 26.2 Å². The summed E-state index contributed by atoms with van der Waals surface area (Å²) in [4.78, 5) is 39.0. The molecule has 0 rings (SSSR count). The lowest BCUT2D eigenvalue weighted by Gasteiger charge is -2.30. The van der Waals surface area contributed by atoms with Gasteiger partial charge in [0.1, 0.15) is 0 Å². The van der Waals surface area contributed by atoms with Gasteiger partial charge in [-0.25, -0.2) is 0 Å². The van der Waals surface area contributed by atoms with Crippen molar-refractivity contribution < 1.29 is 14.4 Å². The molecule has 6 nitrogen and oxygen atoms in total. The number of rotatable bonds is 11. The van der Waals surface area contributed by atoms with E-state index in [4.69, 9.17) is 0 Å². The van der Waals surface area contributed by atoms with E-state index in [1.807, 2.05) is 20.8 Å². The topological polar surface area (TPSA) is 78.5 Å². The molecule has 1 atom stereocenters. The molecule has 170 valence electrons. The number of carbonyl (C=O) groups excluding carboxylic acids is 3. The molecule has 0 aromatic rings. The Bertz CT molecular complexity index is 530. The molecule has 0 aromatic carbocycles. The van der Waals surface area contributed by atoms with Gasteiger partial charge in [0, 0.05) is 19.0 Å². The lowest BCUT2D eigenvalue weighted by Crippen LogP contribution is -2.47. The number of carbonyl (C=O) groups is 3. The lowest BCUT2D eigenvalue weighted by molar-refractivity contribution is -0.141. The monoisotopic (exact) mass is 411 g/mol. The molecule has 0 aromatic heterocycles. The molecule has 1 unspecified atom stereocenters. The Kier molecular flexibility index (Phi) is 11.5. The number of hydrogen-bond donors (Lipinski definition) is 2. The van der Waals surface area contributed by atoms with Gasteiger partial charge in [0.05, 0.1) is 13.1 Å². The second kappa shape index (κ2) is 12.2. The molecular formula is C23H45N3O3. The van der Waals surface area contributed by atoms with Gasteiger partial charge in [0.25, 0.3) is 0 Å². The van der Waals surface area contributed by atoms with Crippen LogP contribution in [-0.4, -0.2) is 48.8 Å². The molecule has 29 heavy (non-hydrogen) atoms. The van der Waals surface area contributed by atoms with Crippen LogP contribution < -0.4 is 10.6 Å². The number of amides is 3. The zero-order valence-electron chi connectivity index (χ0n) is 20.3. The summed E-state index contributed by atoms with van der Waals surface area (Å²) in [7, 11) is 0. The van der Waals surface area contributed by atoms with Gasteiger partial charge in [-0.05, 0) is 36.0 Å². The maximum atomic E-state index is 13.0. The average Bonchev–Trinajstić information content (AvgIpc) is 2.54. The molecule has 0 aliphatic rings. The van der Waals surface area contributed by atoms with Crippen molar-refractivity contribution in [2.24, 2.45) is 22.7 Å². The Hall–Kier alpha value is -1.59. The highest BCUT2D eigenvalue weighted by Crippen LogP contribution is 2.22. The average molecular weight is 412 g/mol. The summed E-state index contributed by atoms with van der Waals surface area (Å²) >= 11 is 0. The van der Waals surface area contributed by atoms with Crippen LogP contribution in [0.3, 0.4) is 0 Å². The van der Waals surface area contributed by atoms with Gasteiger partial charge in [0.2, 0.25) is 17.7 Å². The molecule has 0 spiro atoms. The van der Waals surface area contributed by atoms with Crippen LogP contribution >= 0.6 is 0 Å². The first-order valence-electron chi connectivity index (χ1n) is 11.0. The standard InChI is InChI=1S/C23H45N3O3/c1-10-18(17(2)3)21(29)26(14-12-23(7,8)9)16-20(28)25-15-19(27)24-13-11-22(4,5)6/h17-18H,10-16H2,1-9H3,(H,24,27)(H,25,28). The van der Waals surface area contributed by atoms with Gasteiger partial charge in [-0.1, -0.05) is 62.3 Å². The molecule has 0 saturated carbocycles. The number of nitrogens with one attached hydrogen (secondary N) is 2. The minimum absolute atomic E-state index is 0.00654. The molecule has 0 radical (unpaired) electrons. The van der Waals surface area contributed by atoms with E-state index in [-0.39, 0.29) is 53.5 Å². The lowest BCUT2D eigenvalue weighted by atomic mass is 9.90. The van der Waals surface area contributed by atoms with Crippen molar-refractivity contribution in [1.82, 2.24) is 15.5 Å². The Balaban J connectivity index is 4.77. The fraction of sp³-hybridized carbons (Fsp3) is 0.870. The van der Waals surface area contributed by atoms with Crippen molar-refractivity contribution >= 4 is 17.7 Å². The van der Waals surface area contributed by atoms with Crippen LogP contribution in [0, 0.1) is 22.7 Å². The van der Waals surface area contributed by atoms with E-state index in [2.05, 4.69) is 52.2 Å². The Morgan fingerprint density at radius 2 is 1.41 bits per heavy atom. The van der Waals surface area contributed by atoms with Gasteiger partial charge in [-0.2, -0.15) is 0 Å². The normalized spacial score (nSPS) is 13.2. The second-order valence-electron chi connectivity index (χ2n) is 10.8. The van der Waals surface area contributed by atoms with E-state index in [1.165, 1.54) is 0 Å². The maximum absolute atomic E-state index is 13.0. The van der Waals surface area contributed by atoms with Crippen LogP contribution in [0.15, 0.2) is 0 Å². The van der Waals surface area contributed by atoms with Gasteiger partial charge in [0.15, 0.2) is 0 Å². The predicted octanol–water partition coefficient (Wildman–Crippen LogP) is 3.60. The van der Waals surface area contributed by atoms with Crippen molar-refractivity contribution in [2.45, 2.75) is 81.6 Å². The first kappa shape index (κ1) is 27.4. The summed E-state index contributed by atoms with van der Waals surface area (Å²) < 4.78 is 0. The van der Waals surface area contributed by atoms with Crippen molar-refractivity contribution in [1.29, 1.82) is 0 Å². The molecule has 3 amide bonds. The van der Waals surface area contributed by atoms with E-state index in [0.29, 0.717) is 13.1 Å². The molecular weight excluding hydrogens is 366 g/mol. The molecule has 0 heterocycles. The van der Waals surface area contributed by atoms with E-state index in [1.54, 1.807) is 4.90 Å². The molecule has 0 aliphatic carbocycles. The Morgan fingerprint density at radius 1 is 0.862 bits per heavy atom. The van der Waals surface area contributed by atoms with Gasteiger partial charge >= 0.3 is 0 Å². The minimum atomic E-state index is -0.295. The van der Waals surface area contributed by atoms with Crippen LogP contribution in [0.2, 0.25) is 0 Å². The highest BCUT2D eigenvalue weighted by Gasteiger charge is 2.28. The maximum Gasteiger partial charge on any atom is 0.240 e. The third kappa shape index (κ3) is 13.3. The summed E-state index contributed by atoms with van der Waals surface area (Å²) in [5.41, 5.74) is 0.220. The molecule has 2 N–H and O–H groups in total. The first-order chi connectivity index (χ1) is 13.2. The number of hydrogen-bond acceptors (Lipinski definition) is 3. The Labute approximate surface area is 178 Å². The smallest absolute Gasteiger partial charge is 0.240 e.